The number of rotatable bonds is 5. The van der Waals surface area contributed by atoms with Gasteiger partial charge in [-0.1, -0.05) is 13.8 Å². The second-order valence-electron chi connectivity index (χ2n) is 6.46. The van der Waals surface area contributed by atoms with Crippen LogP contribution in [0.1, 0.15) is 47.1 Å². The van der Waals surface area contributed by atoms with E-state index in [4.69, 9.17) is 10.00 Å². The van der Waals surface area contributed by atoms with E-state index in [-0.39, 0.29) is 17.7 Å². The molecule has 142 valence electrons. The van der Waals surface area contributed by atoms with Gasteiger partial charge in [-0.2, -0.15) is 10.4 Å². The van der Waals surface area contributed by atoms with Crippen molar-refractivity contribution in [3.05, 3.63) is 63.5 Å². The third kappa shape index (κ3) is 4.05. The number of nitrogens with one attached hydrogen (secondary N) is 2. The molecule has 0 spiro atoms. The topological polar surface area (TPSA) is 104 Å². The highest BCUT2D eigenvalue weighted by atomic mass is 79.9. The van der Waals surface area contributed by atoms with Crippen LogP contribution in [0.25, 0.3) is 0 Å². The zero-order chi connectivity index (χ0) is 20.3. The predicted octanol–water partition coefficient (Wildman–Crippen LogP) is 4.92. The van der Waals surface area contributed by atoms with Crippen molar-refractivity contribution in [2.45, 2.75) is 26.7 Å². The number of nitrogens with zero attached hydrogens (tertiary/aromatic N) is 3. The molecule has 0 fully saturated rings. The smallest absolute Gasteiger partial charge is 0.277 e. The highest BCUT2D eigenvalue weighted by Gasteiger charge is 2.20. The summed E-state index contributed by atoms with van der Waals surface area (Å²) in [7, 11) is 0. The molecule has 3 aromatic rings. The number of carbonyl (C=O) groups excluding carboxylic acids is 1. The van der Waals surface area contributed by atoms with Crippen LogP contribution in [0.5, 0.6) is 11.6 Å². The van der Waals surface area contributed by atoms with Crippen molar-refractivity contribution < 1.29 is 9.53 Å². The molecule has 2 heterocycles. The number of aromatic nitrogens is 3. The molecule has 2 N–H and O–H groups in total. The van der Waals surface area contributed by atoms with Crippen LogP contribution in [0.15, 0.2) is 41.0 Å². The van der Waals surface area contributed by atoms with Gasteiger partial charge in [0.25, 0.3) is 5.91 Å². The normalized spacial score (nSPS) is 10.6. The SMILES string of the molecule is Cc1cc(Oc2ncccc2C#N)ccc1NC(=O)c1n[nH]c(C(C)C)c1Br. The highest BCUT2D eigenvalue weighted by molar-refractivity contribution is 9.10. The van der Waals surface area contributed by atoms with E-state index in [1.807, 2.05) is 26.8 Å². The van der Waals surface area contributed by atoms with Gasteiger partial charge in [0.15, 0.2) is 5.69 Å². The molecule has 0 aliphatic rings. The lowest BCUT2D eigenvalue weighted by molar-refractivity contribution is 0.102. The molecule has 7 nitrogen and oxygen atoms in total. The maximum Gasteiger partial charge on any atom is 0.277 e. The summed E-state index contributed by atoms with van der Waals surface area (Å²) in [6.45, 7) is 5.88. The summed E-state index contributed by atoms with van der Waals surface area (Å²) in [5.74, 6) is 0.659. The van der Waals surface area contributed by atoms with Crippen molar-refractivity contribution in [3.63, 3.8) is 0 Å². The van der Waals surface area contributed by atoms with E-state index in [2.05, 4.69) is 36.4 Å². The van der Waals surface area contributed by atoms with Gasteiger partial charge in [0, 0.05) is 11.9 Å². The molecule has 0 atom stereocenters. The van der Waals surface area contributed by atoms with Crippen molar-refractivity contribution >= 4 is 27.5 Å². The number of H-pyrrole nitrogens is 1. The van der Waals surface area contributed by atoms with Crippen molar-refractivity contribution in [2.75, 3.05) is 5.32 Å². The summed E-state index contributed by atoms with van der Waals surface area (Å²) >= 11 is 3.44. The second kappa shape index (κ2) is 8.23. The standard InChI is InChI=1S/C20H18BrN5O2/c1-11(2)17-16(21)18(26-25-17)19(27)24-15-7-6-14(9-12(15)3)28-20-13(10-22)5-4-8-23-20/h4-9,11H,1-3H3,(H,24,27)(H,25,26). The van der Waals surface area contributed by atoms with Crippen molar-refractivity contribution in [1.82, 2.24) is 15.2 Å². The largest absolute Gasteiger partial charge is 0.438 e. The molecule has 2 aromatic heterocycles. The number of hydrogen-bond donors (Lipinski definition) is 2. The average molecular weight is 440 g/mol. The maximum atomic E-state index is 12.6. The van der Waals surface area contributed by atoms with Crippen molar-refractivity contribution in [1.29, 1.82) is 5.26 Å². The number of carbonyl (C=O) groups is 1. The van der Waals surface area contributed by atoms with Crippen LogP contribution in [-0.4, -0.2) is 21.1 Å². The minimum absolute atomic E-state index is 0.214. The van der Waals surface area contributed by atoms with E-state index in [0.717, 1.165) is 11.3 Å². The number of ether oxygens (including phenoxy) is 1. The number of hydrogen-bond acceptors (Lipinski definition) is 5. The monoisotopic (exact) mass is 439 g/mol. The fourth-order valence-electron chi connectivity index (χ4n) is 2.57. The molecule has 0 saturated heterocycles. The lowest BCUT2D eigenvalue weighted by Crippen LogP contribution is -2.14. The molecule has 3 rings (SSSR count). The van der Waals surface area contributed by atoms with Crippen molar-refractivity contribution in [3.8, 4) is 17.7 Å². The Morgan fingerprint density at radius 1 is 1.36 bits per heavy atom. The predicted molar refractivity (Wildman–Crippen MR) is 109 cm³/mol. The third-order valence-electron chi connectivity index (χ3n) is 4.08. The van der Waals surface area contributed by atoms with E-state index in [9.17, 15) is 4.79 Å². The first-order valence-corrected chi connectivity index (χ1v) is 9.38. The zero-order valence-corrected chi connectivity index (χ0v) is 17.2. The fraction of sp³-hybridized carbons (Fsp3) is 0.200. The second-order valence-corrected chi connectivity index (χ2v) is 7.25. The summed E-state index contributed by atoms with van der Waals surface area (Å²) in [5, 5.41) is 19.0. The number of benzene rings is 1. The Hall–Kier alpha value is -3.18. The molecule has 8 heteroatoms. The number of nitriles is 1. The molecular formula is C20H18BrN5O2. The van der Waals surface area contributed by atoms with Gasteiger partial charge in [-0.05, 0) is 64.7 Å². The van der Waals surface area contributed by atoms with Crippen LogP contribution < -0.4 is 10.1 Å². The Morgan fingerprint density at radius 3 is 2.79 bits per heavy atom. The summed E-state index contributed by atoms with van der Waals surface area (Å²) in [6.07, 6.45) is 1.56. The summed E-state index contributed by atoms with van der Waals surface area (Å²) in [5.41, 5.74) is 2.96. The molecule has 28 heavy (non-hydrogen) atoms. The van der Waals surface area contributed by atoms with Gasteiger partial charge in [0.05, 0.1) is 10.2 Å². The molecule has 0 aliphatic carbocycles. The van der Waals surface area contributed by atoms with Gasteiger partial charge >= 0.3 is 0 Å². The van der Waals surface area contributed by atoms with E-state index >= 15 is 0 Å². The third-order valence-corrected chi connectivity index (χ3v) is 4.88. The van der Waals surface area contributed by atoms with Crippen LogP contribution in [0.3, 0.4) is 0 Å². The zero-order valence-electron chi connectivity index (χ0n) is 15.6. The number of aromatic amines is 1. The summed E-state index contributed by atoms with van der Waals surface area (Å²) < 4.78 is 6.37. The van der Waals surface area contributed by atoms with E-state index in [1.54, 1.807) is 36.5 Å². The van der Waals surface area contributed by atoms with Gasteiger partial charge in [-0.25, -0.2) is 4.98 Å². The summed E-state index contributed by atoms with van der Waals surface area (Å²) in [6, 6.07) is 10.6. The lowest BCUT2D eigenvalue weighted by Gasteiger charge is -2.11. The van der Waals surface area contributed by atoms with Crippen LogP contribution in [0.4, 0.5) is 5.69 Å². The molecular weight excluding hydrogens is 422 g/mol. The molecule has 0 unspecified atom stereocenters. The molecule has 1 amide bonds. The van der Waals surface area contributed by atoms with Gasteiger partial charge in [0.1, 0.15) is 17.4 Å². The van der Waals surface area contributed by atoms with Crippen LogP contribution in [-0.2, 0) is 0 Å². The molecule has 0 radical (unpaired) electrons. The van der Waals surface area contributed by atoms with Crippen LogP contribution >= 0.6 is 15.9 Å². The van der Waals surface area contributed by atoms with Gasteiger partial charge in [0.2, 0.25) is 5.88 Å². The molecule has 0 saturated carbocycles. The van der Waals surface area contributed by atoms with Gasteiger partial charge in [-0.3, -0.25) is 9.89 Å². The number of pyridine rings is 1. The minimum Gasteiger partial charge on any atom is -0.438 e. The average Bonchev–Trinajstić information content (AvgIpc) is 3.06. The first kappa shape index (κ1) is 19.6. The number of anilines is 1. The van der Waals surface area contributed by atoms with E-state index < -0.39 is 0 Å². The van der Waals surface area contributed by atoms with Gasteiger partial charge in [-0.15, -0.1) is 0 Å². The summed E-state index contributed by atoms with van der Waals surface area (Å²) in [4.78, 5) is 16.7. The number of aryl methyl sites for hydroxylation is 1. The van der Waals surface area contributed by atoms with Gasteiger partial charge < -0.3 is 10.1 Å². The van der Waals surface area contributed by atoms with E-state index in [0.29, 0.717) is 27.2 Å². The Balaban J connectivity index is 1.78. The molecule has 0 aliphatic heterocycles. The highest BCUT2D eigenvalue weighted by Crippen LogP contribution is 2.29. The Bertz CT molecular complexity index is 1070. The lowest BCUT2D eigenvalue weighted by atomic mass is 10.1. The van der Waals surface area contributed by atoms with E-state index in [1.165, 1.54) is 0 Å². The van der Waals surface area contributed by atoms with Crippen LogP contribution in [0.2, 0.25) is 0 Å². The van der Waals surface area contributed by atoms with Crippen molar-refractivity contribution in [2.24, 2.45) is 0 Å². The molecule has 0 bridgehead atoms. The van der Waals surface area contributed by atoms with Crippen LogP contribution in [0, 0.1) is 18.3 Å². The first-order chi connectivity index (χ1) is 13.4. The minimum atomic E-state index is -0.316. The quantitative estimate of drug-likeness (QED) is 0.587. The molecule has 1 aromatic carbocycles. The Labute approximate surface area is 170 Å². The Morgan fingerprint density at radius 2 is 2.14 bits per heavy atom. The fourth-order valence-corrected chi connectivity index (χ4v) is 3.38. The number of halogens is 1. The first-order valence-electron chi connectivity index (χ1n) is 8.59. The number of amides is 1. The Kier molecular flexibility index (Phi) is 5.76. The maximum absolute atomic E-state index is 12.6.